The third-order valence-electron chi connectivity index (χ3n) is 9.37. The van der Waals surface area contributed by atoms with E-state index in [2.05, 4.69) is 28.8 Å². The highest BCUT2D eigenvalue weighted by atomic mass is 16.5. The second-order valence-electron chi connectivity index (χ2n) is 12.0. The predicted molar refractivity (Wildman–Crippen MR) is 175 cm³/mol. The molecule has 0 radical (unpaired) electrons. The molecule has 3 aromatic carbocycles. The Morgan fingerprint density at radius 1 is 0.911 bits per heavy atom. The third kappa shape index (κ3) is 5.66. The van der Waals surface area contributed by atoms with Crippen LogP contribution in [0.2, 0.25) is 0 Å². The van der Waals surface area contributed by atoms with Crippen molar-refractivity contribution in [3.63, 3.8) is 0 Å². The minimum atomic E-state index is -0.977. The number of aromatic carboxylic acids is 1. The van der Waals surface area contributed by atoms with Crippen molar-refractivity contribution in [1.82, 2.24) is 14.5 Å². The summed E-state index contributed by atoms with van der Waals surface area (Å²) in [6.45, 7) is 2.30. The van der Waals surface area contributed by atoms with Gasteiger partial charge in [-0.25, -0.2) is 9.78 Å². The van der Waals surface area contributed by atoms with Crippen LogP contribution in [0, 0.1) is 0 Å². The Morgan fingerprint density at radius 3 is 2.40 bits per heavy atom. The number of methoxy groups -OCH3 is 1. The average Bonchev–Trinajstić information content (AvgIpc) is 3.41. The fraction of sp³-hybridized carbons (Fsp3) is 0.324. The van der Waals surface area contributed by atoms with Gasteiger partial charge < -0.3 is 24.0 Å². The van der Waals surface area contributed by atoms with Crippen molar-refractivity contribution in [1.29, 1.82) is 0 Å². The fourth-order valence-electron chi connectivity index (χ4n) is 7.03. The van der Waals surface area contributed by atoms with Gasteiger partial charge in [0.25, 0.3) is 0 Å². The molecule has 2 aliphatic rings. The summed E-state index contributed by atoms with van der Waals surface area (Å²) in [6.07, 6.45) is 5.69. The molecule has 3 heterocycles. The minimum Gasteiger partial charge on any atom is -0.497 e. The van der Waals surface area contributed by atoms with Crippen LogP contribution in [0.25, 0.3) is 44.3 Å². The molecule has 2 aromatic heterocycles. The van der Waals surface area contributed by atoms with Gasteiger partial charge in [-0.15, -0.1) is 0 Å². The topological polar surface area (TPSA) is 93.9 Å². The first kappa shape index (κ1) is 29.0. The van der Waals surface area contributed by atoms with E-state index in [4.69, 9.17) is 14.5 Å². The Hall–Kier alpha value is -4.69. The number of pyridine rings is 1. The number of carboxylic acids is 1. The van der Waals surface area contributed by atoms with E-state index in [0.717, 1.165) is 75.8 Å². The first-order valence-corrected chi connectivity index (χ1v) is 15.8. The average molecular weight is 604 g/mol. The molecule has 0 atom stereocenters. The Balaban J connectivity index is 1.38. The van der Waals surface area contributed by atoms with E-state index < -0.39 is 5.97 Å². The summed E-state index contributed by atoms with van der Waals surface area (Å²) in [4.78, 5) is 32.6. The lowest BCUT2D eigenvalue weighted by atomic mass is 9.81. The van der Waals surface area contributed by atoms with Gasteiger partial charge in [-0.2, -0.15) is 0 Å². The number of carbonyl (C=O) groups excluding carboxylic acids is 1. The van der Waals surface area contributed by atoms with Crippen LogP contribution in [0.1, 0.15) is 53.9 Å². The number of fused-ring (bicyclic) bond motifs is 2. The van der Waals surface area contributed by atoms with Crippen LogP contribution in [0.3, 0.4) is 0 Å². The maximum atomic E-state index is 13.7. The summed E-state index contributed by atoms with van der Waals surface area (Å²) in [5.41, 5.74) is 7.01. The molecular formula is C37H37N3O5. The van der Waals surface area contributed by atoms with Crippen LogP contribution in [0.5, 0.6) is 5.75 Å². The van der Waals surface area contributed by atoms with Crippen molar-refractivity contribution in [3.05, 3.63) is 83.9 Å². The molecule has 1 aliphatic carbocycles. The number of rotatable bonds is 7. The van der Waals surface area contributed by atoms with Crippen molar-refractivity contribution in [2.75, 3.05) is 33.4 Å². The molecule has 8 heteroatoms. The number of nitrogens with zero attached hydrogens (tertiary/aromatic N) is 3. The van der Waals surface area contributed by atoms with Crippen LogP contribution in [-0.2, 0) is 16.1 Å². The largest absolute Gasteiger partial charge is 0.497 e. The van der Waals surface area contributed by atoms with Crippen molar-refractivity contribution in [3.8, 4) is 28.3 Å². The van der Waals surface area contributed by atoms with Crippen LogP contribution in [-0.4, -0.2) is 64.8 Å². The molecule has 8 nitrogen and oxygen atoms in total. The number of hydrogen-bond acceptors (Lipinski definition) is 5. The molecule has 7 rings (SSSR count). The number of morpholine rings is 1. The van der Waals surface area contributed by atoms with Crippen molar-refractivity contribution < 1.29 is 24.2 Å². The fourth-order valence-corrected chi connectivity index (χ4v) is 7.03. The van der Waals surface area contributed by atoms with Gasteiger partial charge >= 0.3 is 5.97 Å². The predicted octanol–water partition coefficient (Wildman–Crippen LogP) is 7.14. The molecule has 1 saturated carbocycles. The lowest BCUT2D eigenvalue weighted by molar-refractivity contribution is -0.135. The van der Waals surface area contributed by atoms with Gasteiger partial charge in [-0.05, 0) is 84.5 Å². The van der Waals surface area contributed by atoms with Crippen molar-refractivity contribution >= 4 is 33.7 Å². The third-order valence-corrected chi connectivity index (χ3v) is 9.37. The van der Waals surface area contributed by atoms with Crippen LogP contribution in [0.4, 0.5) is 0 Å². The molecule has 2 fully saturated rings. The normalized spacial score (nSPS) is 15.9. The van der Waals surface area contributed by atoms with Gasteiger partial charge in [0.2, 0.25) is 5.91 Å². The standard InChI is InChI=1S/C37H37N3O5/c1-44-29-12-7-24(8-13-29)31-15-10-26-21-27(11-16-32(26)38-31)36-35(25-5-3-2-4-6-25)30-14-9-28(37(42)43)22-33(30)40(36)23-34(41)39-17-19-45-20-18-39/h7-16,21-22,25H,2-6,17-20,23H2,1H3,(H,42,43). The van der Waals surface area contributed by atoms with E-state index in [9.17, 15) is 14.7 Å². The summed E-state index contributed by atoms with van der Waals surface area (Å²) in [6, 6.07) is 23.7. The van der Waals surface area contributed by atoms with E-state index in [1.807, 2.05) is 41.3 Å². The van der Waals surface area contributed by atoms with Crippen molar-refractivity contribution in [2.24, 2.45) is 0 Å². The Kier molecular flexibility index (Phi) is 7.98. The first-order chi connectivity index (χ1) is 22.0. The molecule has 1 saturated heterocycles. The van der Waals surface area contributed by atoms with Crippen LogP contribution in [0.15, 0.2) is 72.8 Å². The van der Waals surface area contributed by atoms with Crippen LogP contribution >= 0.6 is 0 Å². The van der Waals surface area contributed by atoms with E-state index in [1.54, 1.807) is 19.2 Å². The SMILES string of the molecule is COc1ccc(-c2ccc3cc(-c4c(C5CCCCC5)c5ccc(C(=O)O)cc5n4CC(=O)N4CCOCC4)ccc3n2)cc1. The highest BCUT2D eigenvalue weighted by Crippen LogP contribution is 2.45. The molecule has 5 aromatic rings. The molecule has 45 heavy (non-hydrogen) atoms. The van der Waals surface area contributed by atoms with Gasteiger partial charge in [0.05, 0.1) is 48.3 Å². The summed E-state index contributed by atoms with van der Waals surface area (Å²) < 4.78 is 12.9. The van der Waals surface area contributed by atoms with Crippen molar-refractivity contribution in [2.45, 2.75) is 44.6 Å². The Bertz CT molecular complexity index is 1880. The summed E-state index contributed by atoms with van der Waals surface area (Å²) >= 11 is 0. The molecule has 1 aliphatic heterocycles. The Labute approximate surface area is 262 Å². The van der Waals surface area contributed by atoms with E-state index >= 15 is 0 Å². The van der Waals surface area contributed by atoms with Gasteiger partial charge in [-0.1, -0.05) is 37.5 Å². The summed E-state index contributed by atoms with van der Waals surface area (Å²) in [7, 11) is 1.66. The second kappa shape index (κ2) is 12.4. The molecule has 1 N–H and O–H groups in total. The maximum absolute atomic E-state index is 13.7. The zero-order valence-corrected chi connectivity index (χ0v) is 25.5. The number of hydrogen-bond donors (Lipinski definition) is 1. The number of ether oxygens (including phenoxy) is 2. The molecule has 230 valence electrons. The second-order valence-corrected chi connectivity index (χ2v) is 12.0. The zero-order valence-electron chi connectivity index (χ0n) is 25.5. The molecule has 0 unspecified atom stereocenters. The van der Waals surface area contributed by atoms with Gasteiger partial charge in [0.1, 0.15) is 12.3 Å². The monoisotopic (exact) mass is 603 g/mol. The van der Waals surface area contributed by atoms with Gasteiger partial charge in [0, 0.05) is 29.4 Å². The van der Waals surface area contributed by atoms with E-state index in [0.29, 0.717) is 32.2 Å². The zero-order chi connectivity index (χ0) is 30.9. The number of carbonyl (C=O) groups is 2. The minimum absolute atomic E-state index is 0.0129. The number of benzene rings is 3. The number of amides is 1. The number of aromatic nitrogens is 2. The summed E-state index contributed by atoms with van der Waals surface area (Å²) in [5.74, 6) is 0.169. The van der Waals surface area contributed by atoms with E-state index in [-0.39, 0.29) is 18.0 Å². The lowest BCUT2D eigenvalue weighted by Crippen LogP contribution is -2.42. The van der Waals surface area contributed by atoms with Gasteiger partial charge in [-0.3, -0.25) is 4.79 Å². The highest BCUT2D eigenvalue weighted by molar-refractivity contribution is 6.00. The molecule has 1 amide bonds. The quantitative estimate of drug-likeness (QED) is 0.213. The first-order valence-electron chi connectivity index (χ1n) is 15.8. The summed E-state index contributed by atoms with van der Waals surface area (Å²) in [5, 5.41) is 11.9. The maximum Gasteiger partial charge on any atom is 0.335 e. The Morgan fingerprint density at radius 2 is 1.67 bits per heavy atom. The molecular weight excluding hydrogens is 566 g/mol. The smallest absolute Gasteiger partial charge is 0.335 e. The van der Waals surface area contributed by atoms with Gasteiger partial charge in [0.15, 0.2) is 0 Å². The number of carboxylic acid groups (broad SMARTS) is 1. The van der Waals surface area contributed by atoms with Crippen LogP contribution < -0.4 is 4.74 Å². The van der Waals surface area contributed by atoms with E-state index in [1.165, 1.54) is 12.0 Å². The lowest BCUT2D eigenvalue weighted by Gasteiger charge is -2.28. The molecule has 0 bridgehead atoms. The molecule has 0 spiro atoms. The highest BCUT2D eigenvalue weighted by Gasteiger charge is 2.29.